The molecule has 2 atom stereocenters. The van der Waals surface area contributed by atoms with Gasteiger partial charge in [-0.1, -0.05) is 44.2 Å². The first-order valence-corrected chi connectivity index (χ1v) is 12.9. The van der Waals surface area contributed by atoms with Gasteiger partial charge in [0, 0.05) is 28.3 Å². The van der Waals surface area contributed by atoms with Gasteiger partial charge in [0.25, 0.3) is 0 Å². The topological polar surface area (TPSA) is 55.4 Å². The second-order valence-corrected chi connectivity index (χ2v) is 10.8. The molecule has 0 fully saturated rings. The fraction of sp³-hybridized carbons (Fsp3) is 0.385. The number of thioether (sulfide) groups is 1. The van der Waals surface area contributed by atoms with Crippen LogP contribution in [0.1, 0.15) is 61.5 Å². The Kier molecular flexibility index (Phi) is 6.91. The fourth-order valence-corrected chi connectivity index (χ4v) is 7.13. The highest BCUT2D eigenvalue weighted by Gasteiger charge is 2.42. The third-order valence-corrected chi connectivity index (χ3v) is 8.69. The minimum Gasteiger partial charge on any atom is -0.466 e. The summed E-state index contributed by atoms with van der Waals surface area (Å²) in [4.78, 5) is 27.8. The number of hydrogen-bond donors (Lipinski definition) is 1. The molecule has 2 heterocycles. The monoisotopic (exact) mass is 467 g/mol. The maximum atomic E-state index is 13.6. The maximum Gasteiger partial charge on any atom is 0.336 e. The zero-order valence-corrected chi connectivity index (χ0v) is 20.6. The number of esters is 1. The Balaban J connectivity index is 1.85. The molecule has 1 aromatic heterocycles. The van der Waals surface area contributed by atoms with E-state index in [-0.39, 0.29) is 23.6 Å². The summed E-state index contributed by atoms with van der Waals surface area (Å²) >= 11 is 3.55. The molecule has 6 heteroatoms. The Hall–Kier alpha value is -2.31. The number of rotatable bonds is 6. The first-order valence-electron chi connectivity index (χ1n) is 11.1. The van der Waals surface area contributed by atoms with Crippen LogP contribution in [0.15, 0.2) is 63.1 Å². The van der Waals surface area contributed by atoms with Gasteiger partial charge in [-0.3, -0.25) is 4.79 Å². The van der Waals surface area contributed by atoms with E-state index in [1.165, 1.54) is 21.8 Å². The molecular formula is C26H29NO3S2. The summed E-state index contributed by atoms with van der Waals surface area (Å²) in [6.45, 7) is 6.19. The minimum absolute atomic E-state index is 0.114. The van der Waals surface area contributed by atoms with Gasteiger partial charge in [-0.25, -0.2) is 4.79 Å². The summed E-state index contributed by atoms with van der Waals surface area (Å²) in [7, 11) is 1.41. The normalized spacial score (nSPS) is 20.8. The van der Waals surface area contributed by atoms with Crippen molar-refractivity contribution in [3.8, 4) is 0 Å². The number of aryl methyl sites for hydroxylation is 1. The molecule has 168 valence electrons. The number of hydrogen-bond acceptors (Lipinski definition) is 6. The second-order valence-electron chi connectivity index (χ2n) is 8.16. The molecule has 0 unspecified atom stereocenters. The number of allylic oxidation sites excluding steroid dienone is 3. The summed E-state index contributed by atoms with van der Waals surface area (Å²) in [5.41, 5.74) is 5.26. The van der Waals surface area contributed by atoms with Crippen molar-refractivity contribution in [3.05, 3.63) is 74.9 Å². The molecule has 2 aromatic rings. The third kappa shape index (κ3) is 4.18. The van der Waals surface area contributed by atoms with Crippen molar-refractivity contribution in [2.24, 2.45) is 0 Å². The van der Waals surface area contributed by atoms with Crippen molar-refractivity contribution in [1.29, 1.82) is 0 Å². The van der Waals surface area contributed by atoms with E-state index in [4.69, 9.17) is 4.74 Å². The number of ether oxygens (including phenoxy) is 1. The smallest absolute Gasteiger partial charge is 0.336 e. The number of nitrogens with one attached hydrogen (secondary N) is 1. The number of carbonyl (C=O) groups excluding carboxylic acids is 2. The highest BCUT2D eigenvalue weighted by molar-refractivity contribution is 8.01. The predicted molar refractivity (Wildman–Crippen MR) is 131 cm³/mol. The fourth-order valence-electron chi connectivity index (χ4n) is 4.75. The van der Waals surface area contributed by atoms with Gasteiger partial charge in [0.15, 0.2) is 5.78 Å². The number of methoxy groups -OCH3 is 1. The summed E-state index contributed by atoms with van der Waals surface area (Å²) in [6, 6.07) is 12.4. The van der Waals surface area contributed by atoms with E-state index in [0.717, 1.165) is 41.1 Å². The SMILES string of the molecule is CCSc1sc(CC)cc1[C@@H]1C(C(=O)OC)=C(C)NC2=C1C(=O)C[C@H](c1ccccc1)C2. The number of dihydropyridines is 1. The summed E-state index contributed by atoms with van der Waals surface area (Å²) < 4.78 is 6.37. The number of Topliss-reactive ketones (excluding diaryl/α,β-unsaturated/α-hetero) is 1. The first-order chi connectivity index (χ1) is 15.5. The zero-order chi connectivity index (χ0) is 22.8. The molecule has 1 N–H and O–H groups in total. The van der Waals surface area contributed by atoms with Crippen LogP contribution in [0.3, 0.4) is 0 Å². The standard InChI is InChI=1S/C26H29NO3S2/c1-5-18-14-19(26(32-18)31-6-2)23-22(25(29)30-4)15(3)27-20-12-17(13-21(28)24(20)23)16-10-8-7-9-11-16/h7-11,14,17,23,27H,5-6,12-13H2,1-4H3/t17-,23-/m1/s1. The Morgan fingerprint density at radius 2 is 1.97 bits per heavy atom. The maximum absolute atomic E-state index is 13.6. The Bertz CT molecular complexity index is 1100. The summed E-state index contributed by atoms with van der Waals surface area (Å²) in [6.07, 6.45) is 2.14. The number of ketones is 1. The van der Waals surface area contributed by atoms with Crippen LogP contribution in [0.5, 0.6) is 0 Å². The van der Waals surface area contributed by atoms with Crippen molar-refractivity contribution < 1.29 is 14.3 Å². The van der Waals surface area contributed by atoms with Crippen molar-refractivity contribution in [3.63, 3.8) is 0 Å². The van der Waals surface area contributed by atoms with E-state index in [0.29, 0.717) is 12.0 Å². The Morgan fingerprint density at radius 1 is 1.22 bits per heavy atom. The van der Waals surface area contributed by atoms with Gasteiger partial charge in [-0.2, -0.15) is 0 Å². The molecule has 0 radical (unpaired) electrons. The molecule has 0 bridgehead atoms. The number of benzene rings is 1. The highest BCUT2D eigenvalue weighted by Crippen LogP contribution is 2.49. The van der Waals surface area contributed by atoms with E-state index in [1.54, 1.807) is 23.1 Å². The summed E-state index contributed by atoms with van der Waals surface area (Å²) in [5, 5.41) is 3.42. The van der Waals surface area contributed by atoms with E-state index in [1.807, 2.05) is 25.1 Å². The van der Waals surface area contributed by atoms with Crippen LogP contribution in [0.25, 0.3) is 0 Å². The largest absolute Gasteiger partial charge is 0.466 e. The molecule has 0 saturated heterocycles. The predicted octanol–water partition coefficient (Wildman–Crippen LogP) is 5.96. The van der Waals surface area contributed by atoms with Crippen molar-refractivity contribution >= 4 is 34.9 Å². The zero-order valence-electron chi connectivity index (χ0n) is 19.0. The van der Waals surface area contributed by atoms with E-state index in [2.05, 4.69) is 37.4 Å². The minimum atomic E-state index is -0.381. The van der Waals surface area contributed by atoms with Gasteiger partial charge >= 0.3 is 5.97 Å². The number of thiophene rings is 1. The first kappa shape index (κ1) is 22.9. The lowest BCUT2D eigenvalue weighted by Crippen LogP contribution is -2.36. The lowest BCUT2D eigenvalue weighted by atomic mass is 9.72. The quantitative estimate of drug-likeness (QED) is 0.420. The van der Waals surface area contributed by atoms with Gasteiger partial charge in [0.1, 0.15) is 0 Å². The van der Waals surface area contributed by atoms with Crippen LogP contribution in [0.4, 0.5) is 0 Å². The van der Waals surface area contributed by atoms with Crippen LogP contribution in [0.2, 0.25) is 0 Å². The van der Waals surface area contributed by atoms with E-state index in [9.17, 15) is 9.59 Å². The van der Waals surface area contributed by atoms with E-state index < -0.39 is 0 Å². The number of carbonyl (C=O) groups is 2. The molecule has 0 spiro atoms. The van der Waals surface area contributed by atoms with Crippen LogP contribution < -0.4 is 5.32 Å². The van der Waals surface area contributed by atoms with Crippen LogP contribution in [0, 0.1) is 0 Å². The van der Waals surface area contributed by atoms with Crippen molar-refractivity contribution in [2.75, 3.05) is 12.9 Å². The highest BCUT2D eigenvalue weighted by atomic mass is 32.2. The average Bonchev–Trinajstić information content (AvgIpc) is 3.21. The van der Waals surface area contributed by atoms with Crippen LogP contribution in [-0.4, -0.2) is 24.6 Å². The van der Waals surface area contributed by atoms with Gasteiger partial charge < -0.3 is 10.1 Å². The molecule has 32 heavy (non-hydrogen) atoms. The Morgan fingerprint density at radius 3 is 2.62 bits per heavy atom. The molecule has 2 aliphatic rings. The summed E-state index contributed by atoms with van der Waals surface area (Å²) in [5.74, 6) is 0.438. The third-order valence-electron chi connectivity index (χ3n) is 6.21. The molecule has 4 rings (SSSR count). The van der Waals surface area contributed by atoms with E-state index >= 15 is 0 Å². The van der Waals surface area contributed by atoms with Crippen molar-refractivity contribution in [1.82, 2.24) is 5.32 Å². The molecule has 1 aromatic carbocycles. The lowest BCUT2D eigenvalue weighted by molar-refractivity contribution is -0.136. The van der Waals surface area contributed by atoms with Crippen molar-refractivity contribution in [2.45, 2.75) is 56.1 Å². The van der Waals surface area contributed by atoms with Gasteiger partial charge in [-0.05, 0) is 48.6 Å². The molecule has 1 aliphatic carbocycles. The van der Waals surface area contributed by atoms with Gasteiger partial charge in [0.2, 0.25) is 0 Å². The molecule has 4 nitrogen and oxygen atoms in total. The Labute approximate surface area is 198 Å². The molecule has 0 amide bonds. The second kappa shape index (κ2) is 9.67. The van der Waals surface area contributed by atoms with Gasteiger partial charge in [-0.15, -0.1) is 23.1 Å². The average molecular weight is 468 g/mol. The van der Waals surface area contributed by atoms with Gasteiger partial charge in [0.05, 0.1) is 22.8 Å². The molecule has 1 aliphatic heterocycles. The molecular weight excluding hydrogens is 438 g/mol. The molecule has 0 saturated carbocycles. The van der Waals surface area contributed by atoms with Crippen LogP contribution >= 0.6 is 23.1 Å². The lowest BCUT2D eigenvalue weighted by Gasteiger charge is -2.36. The van der Waals surface area contributed by atoms with Crippen LogP contribution in [-0.2, 0) is 20.7 Å².